The standard InChI is InChI=1S/C13H27NO2.C10H18O5.C9H20.2CO2/c1-7-9-10-14(11(3)8-2)12(15)16-13(4,5)6;1-9(2,3)14-7(11)13-8(12)15-10(4,5)6;1-4-6-7-8-9(3)5-2;2*2-1-3/h11H,7-10H2,1-6H3;1-6H3;9H,4-8H2,1-3H3;;. The van der Waals surface area contributed by atoms with Crippen LogP contribution in [0.4, 0.5) is 14.4 Å². The number of unbranched alkanes of at least 4 members (excludes halogenated alkanes) is 3. The number of nitrogens with zero attached hydrogens (tertiary/aromatic N) is 1. The van der Waals surface area contributed by atoms with E-state index in [0.29, 0.717) is 0 Å². The van der Waals surface area contributed by atoms with Crippen LogP contribution in [0, 0.1) is 5.92 Å². The van der Waals surface area contributed by atoms with E-state index in [-0.39, 0.29) is 24.4 Å². The first kappa shape index (κ1) is 52.3. The van der Waals surface area contributed by atoms with Crippen LogP contribution in [0.5, 0.6) is 0 Å². The molecule has 0 radical (unpaired) electrons. The van der Waals surface area contributed by atoms with Crippen molar-refractivity contribution in [2.24, 2.45) is 5.92 Å². The Balaban J connectivity index is -0.000000172. The van der Waals surface area contributed by atoms with E-state index in [1.165, 1.54) is 32.1 Å². The highest BCUT2D eigenvalue weighted by molar-refractivity contribution is 5.77. The topological polar surface area (TPSA) is 160 Å². The molecule has 0 aromatic carbocycles. The molecule has 0 aromatic heterocycles. The van der Waals surface area contributed by atoms with Gasteiger partial charge < -0.3 is 23.8 Å². The summed E-state index contributed by atoms with van der Waals surface area (Å²) in [5.74, 6) is 0.955. The van der Waals surface area contributed by atoms with Crippen LogP contribution in [-0.4, -0.2) is 65.0 Å². The van der Waals surface area contributed by atoms with Crippen molar-refractivity contribution in [2.75, 3.05) is 6.54 Å². The van der Waals surface area contributed by atoms with Gasteiger partial charge in [-0.05, 0) is 88.0 Å². The molecule has 0 aromatic rings. The van der Waals surface area contributed by atoms with E-state index in [1.54, 1.807) is 41.5 Å². The van der Waals surface area contributed by atoms with Crippen molar-refractivity contribution < 1.29 is 52.5 Å². The van der Waals surface area contributed by atoms with E-state index in [9.17, 15) is 14.4 Å². The zero-order valence-electron chi connectivity index (χ0n) is 31.5. The van der Waals surface area contributed by atoms with Gasteiger partial charge in [0.1, 0.15) is 16.8 Å². The second-order valence-electron chi connectivity index (χ2n) is 13.5. The van der Waals surface area contributed by atoms with E-state index in [4.69, 9.17) is 33.4 Å². The van der Waals surface area contributed by atoms with Gasteiger partial charge in [0.05, 0.1) is 0 Å². The maximum absolute atomic E-state index is 12.0. The smallest absolute Gasteiger partial charge is 0.444 e. The first-order chi connectivity index (χ1) is 20.9. The van der Waals surface area contributed by atoms with Gasteiger partial charge in [-0.2, -0.15) is 19.2 Å². The molecule has 2 atom stereocenters. The van der Waals surface area contributed by atoms with Gasteiger partial charge in [-0.25, -0.2) is 14.4 Å². The zero-order valence-corrected chi connectivity index (χ0v) is 31.5. The molecule has 2 unspecified atom stereocenters. The van der Waals surface area contributed by atoms with Crippen molar-refractivity contribution in [3.63, 3.8) is 0 Å². The second kappa shape index (κ2) is 30.4. The first-order valence-electron chi connectivity index (χ1n) is 16.1. The normalized spacial score (nSPS) is 11.5. The largest absolute Gasteiger partial charge is 0.519 e. The number of amides is 1. The fraction of sp³-hybridized carbons (Fsp3) is 0.853. The van der Waals surface area contributed by atoms with Crippen LogP contribution in [0.15, 0.2) is 0 Å². The Bertz CT molecular complexity index is 803. The van der Waals surface area contributed by atoms with Gasteiger partial charge in [-0.1, -0.05) is 73.1 Å². The Hall–Kier alpha value is -3.23. The van der Waals surface area contributed by atoms with Gasteiger partial charge in [-0.15, -0.1) is 0 Å². The van der Waals surface area contributed by atoms with Gasteiger partial charge in [0.25, 0.3) is 0 Å². The van der Waals surface area contributed by atoms with E-state index >= 15 is 0 Å². The molecule has 0 saturated carbocycles. The minimum absolute atomic E-state index is 0.185. The molecule has 0 fully saturated rings. The molecule has 0 saturated heterocycles. The molecule has 0 heterocycles. The molecular formula is C34H65NO11. The lowest BCUT2D eigenvalue weighted by Crippen LogP contribution is -2.42. The third kappa shape index (κ3) is 47.7. The Labute approximate surface area is 278 Å². The van der Waals surface area contributed by atoms with E-state index in [0.717, 1.165) is 31.7 Å². The summed E-state index contributed by atoms with van der Waals surface area (Å²) in [5.41, 5.74) is -1.80. The minimum Gasteiger partial charge on any atom is -0.444 e. The number of carbonyl (C=O) groups excluding carboxylic acids is 7. The van der Waals surface area contributed by atoms with Crippen molar-refractivity contribution in [3.05, 3.63) is 0 Å². The number of hydrogen-bond acceptors (Lipinski definition) is 11. The Morgan fingerprint density at radius 3 is 1.26 bits per heavy atom. The molecule has 0 aliphatic carbocycles. The lowest BCUT2D eigenvalue weighted by atomic mass is 10.0. The monoisotopic (exact) mass is 663 g/mol. The molecule has 0 N–H and O–H groups in total. The number of carbonyl (C=O) groups is 3. The van der Waals surface area contributed by atoms with Crippen LogP contribution in [0.2, 0.25) is 0 Å². The summed E-state index contributed by atoms with van der Waals surface area (Å²) in [6, 6.07) is 0.251. The lowest BCUT2D eigenvalue weighted by molar-refractivity contribution is -0.193. The average molecular weight is 664 g/mol. The maximum Gasteiger partial charge on any atom is 0.519 e. The number of ether oxygens (including phenoxy) is 4. The highest BCUT2D eigenvalue weighted by Gasteiger charge is 2.25. The van der Waals surface area contributed by atoms with Crippen molar-refractivity contribution in [2.45, 2.75) is 178 Å². The van der Waals surface area contributed by atoms with E-state index < -0.39 is 29.1 Å². The van der Waals surface area contributed by atoms with Gasteiger partial charge >= 0.3 is 30.7 Å². The van der Waals surface area contributed by atoms with Crippen LogP contribution < -0.4 is 0 Å². The Morgan fingerprint density at radius 1 is 0.609 bits per heavy atom. The summed E-state index contributed by atoms with van der Waals surface area (Å²) in [6.45, 7) is 29.7. The number of hydrogen-bond donors (Lipinski definition) is 0. The molecule has 0 rings (SSSR count). The predicted molar refractivity (Wildman–Crippen MR) is 175 cm³/mol. The Kier molecular flexibility index (Phi) is 34.6. The van der Waals surface area contributed by atoms with Crippen molar-refractivity contribution in [1.82, 2.24) is 4.90 Å². The van der Waals surface area contributed by atoms with Crippen LogP contribution in [-0.2, 0) is 38.1 Å². The summed E-state index contributed by atoms with van der Waals surface area (Å²) < 4.78 is 19.2. The zero-order chi connectivity index (χ0) is 37.6. The predicted octanol–water partition coefficient (Wildman–Crippen LogP) is 9.14. The van der Waals surface area contributed by atoms with Crippen molar-refractivity contribution >= 4 is 30.7 Å². The van der Waals surface area contributed by atoms with Crippen LogP contribution in [0.3, 0.4) is 0 Å². The van der Waals surface area contributed by atoms with Gasteiger partial charge in [0.15, 0.2) is 0 Å². The fourth-order valence-electron chi connectivity index (χ4n) is 2.92. The van der Waals surface area contributed by atoms with Crippen molar-refractivity contribution in [3.8, 4) is 0 Å². The summed E-state index contributed by atoms with van der Waals surface area (Å²) in [7, 11) is 0. The molecule has 0 spiro atoms. The molecule has 0 aliphatic rings. The molecule has 0 aliphatic heterocycles. The maximum atomic E-state index is 12.0. The molecular weight excluding hydrogens is 598 g/mol. The van der Waals surface area contributed by atoms with E-state index in [1.807, 2.05) is 25.7 Å². The van der Waals surface area contributed by atoms with E-state index in [2.05, 4.69) is 46.3 Å². The molecule has 12 heteroatoms. The summed E-state index contributed by atoms with van der Waals surface area (Å²) in [5, 5.41) is 0. The lowest BCUT2D eigenvalue weighted by Gasteiger charge is -2.31. The summed E-state index contributed by atoms with van der Waals surface area (Å²) in [4.78, 5) is 68.3. The van der Waals surface area contributed by atoms with Crippen LogP contribution in [0.1, 0.15) is 155 Å². The SMILES string of the molecule is CC(C)(C)OC(=O)OC(=O)OC(C)(C)C.CCCCCC(C)CC.CCCCN(C(=O)OC(C)(C)C)C(C)CC.O=C=O.O=C=O. The fourth-order valence-corrected chi connectivity index (χ4v) is 2.92. The first-order valence-corrected chi connectivity index (χ1v) is 16.1. The quantitative estimate of drug-likeness (QED) is 0.0948. The van der Waals surface area contributed by atoms with Gasteiger partial charge in [0, 0.05) is 12.6 Å². The minimum atomic E-state index is -1.06. The van der Waals surface area contributed by atoms with Crippen LogP contribution >= 0.6 is 0 Å². The molecule has 0 bridgehead atoms. The highest BCUT2D eigenvalue weighted by atomic mass is 16.8. The highest BCUT2D eigenvalue weighted by Crippen LogP contribution is 2.15. The molecule has 1 amide bonds. The molecule has 12 nitrogen and oxygen atoms in total. The summed E-state index contributed by atoms with van der Waals surface area (Å²) in [6.07, 6.45) is 8.28. The van der Waals surface area contributed by atoms with Crippen molar-refractivity contribution in [1.29, 1.82) is 0 Å². The third-order valence-electron chi connectivity index (χ3n) is 5.45. The third-order valence-corrected chi connectivity index (χ3v) is 5.45. The number of rotatable bonds is 10. The summed E-state index contributed by atoms with van der Waals surface area (Å²) >= 11 is 0. The molecule has 272 valence electrons. The molecule has 46 heavy (non-hydrogen) atoms. The van der Waals surface area contributed by atoms with Gasteiger partial charge in [0.2, 0.25) is 0 Å². The van der Waals surface area contributed by atoms with Gasteiger partial charge in [-0.3, -0.25) is 0 Å². The Morgan fingerprint density at radius 2 is 0.978 bits per heavy atom. The average Bonchev–Trinajstić information content (AvgIpc) is 2.87. The van der Waals surface area contributed by atoms with Crippen LogP contribution in [0.25, 0.3) is 0 Å². The second-order valence-corrected chi connectivity index (χ2v) is 13.5.